The highest BCUT2D eigenvalue weighted by Crippen LogP contribution is 2.43. The highest BCUT2D eigenvalue weighted by molar-refractivity contribution is 8.20. The summed E-state index contributed by atoms with van der Waals surface area (Å²) < 4.78 is 0.486. The van der Waals surface area contributed by atoms with E-state index in [0.29, 0.717) is 4.58 Å². The molecule has 1 N–H and O–H groups in total. The number of aliphatic carboxylic acids is 1. The van der Waals surface area contributed by atoms with Gasteiger partial charge in [-0.25, -0.2) is 0 Å². The highest BCUT2D eigenvalue weighted by atomic mass is 32.2. The largest absolute Gasteiger partial charge is 0.481 e. The van der Waals surface area contributed by atoms with Gasteiger partial charge in [-0.1, -0.05) is 12.2 Å². The summed E-state index contributed by atoms with van der Waals surface area (Å²) in [5, 5.41) is 8.99. The summed E-state index contributed by atoms with van der Waals surface area (Å²) in [6, 6.07) is 0. The molecule has 1 aliphatic heterocycles. The van der Waals surface area contributed by atoms with Gasteiger partial charge >= 0.3 is 5.97 Å². The molecule has 0 aromatic carbocycles. The van der Waals surface area contributed by atoms with Crippen molar-refractivity contribution in [2.45, 2.75) is 11.0 Å². The van der Waals surface area contributed by atoms with Gasteiger partial charge in [0.05, 0.1) is 10.5 Å². The second kappa shape index (κ2) is 3.96. The molecule has 0 spiro atoms. The molecule has 2 aliphatic rings. The Labute approximate surface area is 86.2 Å². The predicted octanol–water partition coefficient (Wildman–Crippen LogP) is 2.07. The van der Waals surface area contributed by atoms with Crippen LogP contribution in [0.15, 0.2) is 12.2 Å². The summed E-state index contributed by atoms with van der Waals surface area (Å²) in [6.45, 7) is 0. The van der Waals surface area contributed by atoms with Crippen molar-refractivity contribution in [3.05, 3.63) is 12.2 Å². The fourth-order valence-electron chi connectivity index (χ4n) is 1.82. The van der Waals surface area contributed by atoms with Crippen LogP contribution >= 0.6 is 23.5 Å². The number of carboxylic acid groups (broad SMARTS) is 1. The fourth-order valence-corrected chi connectivity index (χ4v) is 5.02. The minimum atomic E-state index is -0.636. The molecule has 1 saturated heterocycles. The zero-order chi connectivity index (χ0) is 9.26. The summed E-state index contributed by atoms with van der Waals surface area (Å²) >= 11 is 3.82. The molecule has 0 aromatic rings. The third-order valence-corrected chi connectivity index (χ3v) is 5.73. The van der Waals surface area contributed by atoms with Crippen LogP contribution in [0.4, 0.5) is 0 Å². The van der Waals surface area contributed by atoms with E-state index < -0.39 is 5.97 Å². The molecule has 1 aliphatic carbocycles. The third-order valence-electron chi connectivity index (χ3n) is 2.49. The molecule has 2 rings (SSSR count). The molecular formula is C9H12O2S2. The van der Waals surface area contributed by atoms with E-state index in [0.717, 1.165) is 6.42 Å². The van der Waals surface area contributed by atoms with Crippen molar-refractivity contribution < 1.29 is 9.90 Å². The lowest BCUT2D eigenvalue weighted by atomic mass is 9.97. The standard InChI is InChI=1S/C9H12O2S2/c10-8(11)6-2-1-3-7(6)9-12-4-5-13-9/h1,3,6-7,9H,2,4-5H2,(H,10,11)/t6-,7+/m0/s1. The van der Waals surface area contributed by atoms with Gasteiger partial charge in [0.2, 0.25) is 0 Å². The van der Waals surface area contributed by atoms with Gasteiger partial charge in [-0.2, -0.15) is 0 Å². The van der Waals surface area contributed by atoms with Crippen LogP contribution in [-0.4, -0.2) is 27.2 Å². The van der Waals surface area contributed by atoms with E-state index >= 15 is 0 Å². The van der Waals surface area contributed by atoms with Gasteiger partial charge in [0.15, 0.2) is 0 Å². The van der Waals surface area contributed by atoms with Gasteiger partial charge < -0.3 is 5.11 Å². The van der Waals surface area contributed by atoms with Gasteiger partial charge in [-0.05, 0) is 6.42 Å². The SMILES string of the molecule is O=C(O)[C@H]1CC=C[C@H]1C1SCCS1. The maximum Gasteiger partial charge on any atom is 0.307 e. The van der Waals surface area contributed by atoms with Crippen LogP contribution in [0.1, 0.15) is 6.42 Å². The van der Waals surface area contributed by atoms with Crippen LogP contribution in [0.25, 0.3) is 0 Å². The Kier molecular flexibility index (Phi) is 2.89. The first-order chi connectivity index (χ1) is 6.29. The third kappa shape index (κ3) is 1.89. The van der Waals surface area contributed by atoms with Crippen molar-refractivity contribution in [3.8, 4) is 0 Å². The Morgan fingerprint density at radius 2 is 2.08 bits per heavy atom. The van der Waals surface area contributed by atoms with Crippen LogP contribution in [0, 0.1) is 11.8 Å². The minimum absolute atomic E-state index is 0.164. The molecule has 0 radical (unpaired) electrons. The van der Waals surface area contributed by atoms with Crippen LogP contribution in [0.3, 0.4) is 0 Å². The smallest absolute Gasteiger partial charge is 0.307 e. The van der Waals surface area contributed by atoms with Crippen LogP contribution in [0.2, 0.25) is 0 Å². The van der Waals surface area contributed by atoms with Crippen molar-refractivity contribution in [2.75, 3.05) is 11.5 Å². The highest BCUT2D eigenvalue weighted by Gasteiger charge is 2.36. The Bertz CT molecular complexity index is 234. The molecule has 13 heavy (non-hydrogen) atoms. The van der Waals surface area contributed by atoms with E-state index in [4.69, 9.17) is 5.11 Å². The lowest BCUT2D eigenvalue weighted by molar-refractivity contribution is -0.142. The molecule has 1 heterocycles. The molecule has 0 amide bonds. The Morgan fingerprint density at radius 1 is 1.38 bits per heavy atom. The van der Waals surface area contributed by atoms with Gasteiger partial charge in [0, 0.05) is 17.4 Å². The van der Waals surface area contributed by atoms with Crippen LogP contribution in [0.5, 0.6) is 0 Å². The zero-order valence-electron chi connectivity index (χ0n) is 7.18. The summed E-state index contributed by atoms with van der Waals surface area (Å²) in [5.74, 6) is 1.80. The Morgan fingerprint density at radius 3 is 2.69 bits per heavy atom. The second-order valence-corrected chi connectivity index (χ2v) is 6.09. The minimum Gasteiger partial charge on any atom is -0.481 e. The monoisotopic (exact) mass is 216 g/mol. The van der Waals surface area contributed by atoms with Crippen molar-refractivity contribution in [1.29, 1.82) is 0 Å². The lowest BCUT2D eigenvalue weighted by Crippen LogP contribution is -2.24. The van der Waals surface area contributed by atoms with E-state index in [9.17, 15) is 4.79 Å². The first kappa shape index (κ1) is 9.46. The molecule has 1 fully saturated rings. The first-order valence-electron chi connectivity index (χ1n) is 4.41. The average molecular weight is 216 g/mol. The van der Waals surface area contributed by atoms with Crippen LogP contribution < -0.4 is 0 Å². The number of rotatable bonds is 2. The molecule has 72 valence electrons. The normalized spacial score (nSPS) is 34.2. The number of hydrogen-bond acceptors (Lipinski definition) is 3. The van der Waals surface area contributed by atoms with E-state index in [1.807, 2.05) is 29.6 Å². The predicted molar refractivity (Wildman–Crippen MR) is 57.1 cm³/mol. The van der Waals surface area contributed by atoms with Gasteiger partial charge in [0.1, 0.15) is 0 Å². The van der Waals surface area contributed by atoms with Crippen molar-refractivity contribution >= 4 is 29.5 Å². The van der Waals surface area contributed by atoms with E-state index in [1.54, 1.807) is 0 Å². The summed E-state index contributed by atoms with van der Waals surface area (Å²) in [5.41, 5.74) is 0. The molecule has 0 saturated carbocycles. The summed E-state index contributed by atoms with van der Waals surface area (Å²) in [4.78, 5) is 10.9. The molecule has 0 unspecified atom stereocenters. The maximum atomic E-state index is 10.9. The Hall–Kier alpha value is -0.0900. The number of allylic oxidation sites excluding steroid dienone is 2. The second-order valence-electron chi connectivity index (χ2n) is 3.30. The number of carbonyl (C=O) groups is 1. The van der Waals surface area contributed by atoms with Crippen molar-refractivity contribution in [1.82, 2.24) is 0 Å². The number of hydrogen-bond donors (Lipinski definition) is 1. The zero-order valence-corrected chi connectivity index (χ0v) is 8.81. The number of carboxylic acids is 1. The quantitative estimate of drug-likeness (QED) is 0.717. The van der Waals surface area contributed by atoms with Gasteiger partial charge in [-0.3, -0.25) is 4.79 Å². The maximum absolute atomic E-state index is 10.9. The number of thioether (sulfide) groups is 2. The average Bonchev–Trinajstić information content (AvgIpc) is 2.74. The van der Waals surface area contributed by atoms with E-state index in [1.165, 1.54) is 11.5 Å². The van der Waals surface area contributed by atoms with Crippen molar-refractivity contribution in [2.24, 2.45) is 11.8 Å². The molecular weight excluding hydrogens is 204 g/mol. The lowest BCUT2D eigenvalue weighted by Gasteiger charge is -2.20. The molecule has 0 aromatic heterocycles. The summed E-state index contributed by atoms with van der Waals surface area (Å²) in [6.07, 6.45) is 4.83. The fraction of sp³-hybridized carbons (Fsp3) is 0.667. The Balaban J connectivity index is 2.03. The van der Waals surface area contributed by atoms with Crippen LogP contribution in [-0.2, 0) is 4.79 Å². The first-order valence-corrected chi connectivity index (χ1v) is 6.51. The van der Waals surface area contributed by atoms with Gasteiger partial charge in [-0.15, -0.1) is 23.5 Å². The molecule has 2 atom stereocenters. The van der Waals surface area contributed by atoms with Crippen molar-refractivity contribution in [3.63, 3.8) is 0 Å². The van der Waals surface area contributed by atoms with Gasteiger partial charge in [0.25, 0.3) is 0 Å². The van der Waals surface area contributed by atoms with E-state index in [2.05, 4.69) is 6.08 Å². The topological polar surface area (TPSA) is 37.3 Å². The molecule has 2 nitrogen and oxygen atoms in total. The molecule has 4 heteroatoms. The summed E-state index contributed by atoms with van der Waals surface area (Å²) in [7, 11) is 0. The molecule has 0 bridgehead atoms. The van der Waals surface area contributed by atoms with E-state index in [-0.39, 0.29) is 11.8 Å².